The Bertz CT molecular complexity index is 644. The van der Waals surface area contributed by atoms with Gasteiger partial charge in [0.2, 0.25) is 0 Å². The molecule has 0 aliphatic carbocycles. The zero-order chi connectivity index (χ0) is 13.7. The second-order valence-corrected chi connectivity index (χ2v) is 5.13. The number of hydrogen-bond acceptors (Lipinski definition) is 1. The number of nitrogens with zero attached hydrogens (tertiary/aromatic N) is 1. The van der Waals surface area contributed by atoms with E-state index in [9.17, 15) is 18.0 Å². The molecule has 6 heteroatoms. The molecule has 1 aromatic heterocycles. The molecule has 0 aliphatic heterocycles. The summed E-state index contributed by atoms with van der Waals surface area (Å²) in [5.74, 6) is 0. The van der Waals surface area contributed by atoms with Crippen LogP contribution in [0, 0.1) is 0 Å². The van der Waals surface area contributed by atoms with E-state index in [1.807, 2.05) is 0 Å². The van der Waals surface area contributed by atoms with Crippen molar-refractivity contribution in [3.8, 4) is 0 Å². The van der Waals surface area contributed by atoms with Crippen LogP contribution < -0.4 is 5.69 Å². The molecule has 0 aliphatic rings. The van der Waals surface area contributed by atoms with E-state index in [0.717, 1.165) is 6.07 Å². The van der Waals surface area contributed by atoms with Crippen molar-refractivity contribution in [3.63, 3.8) is 0 Å². The van der Waals surface area contributed by atoms with Gasteiger partial charge in [0.1, 0.15) is 0 Å². The van der Waals surface area contributed by atoms with Crippen molar-refractivity contribution in [1.82, 2.24) is 9.55 Å². The molecule has 1 aromatic carbocycles. The minimum atomic E-state index is -4.48. The normalized spacial score (nSPS) is 13.2. The van der Waals surface area contributed by atoms with E-state index in [1.165, 1.54) is 16.7 Å². The molecule has 18 heavy (non-hydrogen) atoms. The third-order valence-corrected chi connectivity index (χ3v) is 2.69. The fraction of sp³-hybridized carbons (Fsp3) is 0.417. The van der Waals surface area contributed by atoms with Crippen LogP contribution in [0.1, 0.15) is 26.3 Å². The molecular weight excluding hydrogens is 245 g/mol. The van der Waals surface area contributed by atoms with Crippen LogP contribution in [-0.2, 0) is 11.7 Å². The highest BCUT2D eigenvalue weighted by Gasteiger charge is 2.34. The van der Waals surface area contributed by atoms with Crippen LogP contribution in [0.4, 0.5) is 13.2 Å². The van der Waals surface area contributed by atoms with Crippen LogP contribution in [0.2, 0.25) is 0 Å². The van der Waals surface area contributed by atoms with Crippen LogP contribution in [0.15, 0.2) is 23.0 Å². The van der Waals surface area contributed by atoms with Gasteiger partial charge in [0, 0.05) is 5.54 Å². The van der Waals surface area contributed by atoms with Gasteiger partial charge < -0.3 is 4.98 Å². The van der Waals surface area contributed by atoms with Gasteiger partial charge >= 0.3 is 11.9 Å². The van der Waals surface area contributed by atoms with E-state index < -0.39 is 23.0 Å². The summed E-state index contributed by atoms with van der Waals surface area (Å²) in [6.07, 6.45) is -4.48. The number of rotatable bonds is 0. The minimum Gasteiger partial charge on any atom is -0.305 e. The number of nitrogens with one attached hydrogen (secondary N) is 1. The Hall–Kier alpha value is -1.72. The molecule has 1 heterocycles. The molecule has 0 unspecified atom stereocenters. The molecule has 0 bridgehead atoms. The van der Waals surface area contributed by atoms with Gasteiger partial charge in [-0.15, -0.1) is 0 Å². The lowest BCUT2D eigenvalue weighted by Crippen LogP contribution is -2.31. The molecule has 0 saturated carbocycles. The number of aromatic amines is 1. The van der Waals surface area contributed by atoms with Crippen molar-refractivity contribution in [2.45, 2.75) is 32.5 Å². The Kier molecular flexibility index (Phi) is 2.57. The maximum Gasteiger partial charge on any atom is 0.418 e. The third-order valence-electron chi connectivity index (χ3n) is 2.69. The van der Waals surface area contributed by atoms with E-state index in [1.54, 1.807) is 20.8 Å². The van der Waals surface area contributed by atoms with E-state index in [2.05, 4.69) is 4.98 Å². The van der Waals surface area contributed by atoms with E-state index in [4.69, 9.17) is 0 Å². The van der Waals surface area contributed by atoms with Crippen LogP contribution in [-0.4, -0.2) is 9.55 Å². The highest BCUT2D eigenvalue weighted by molar-refractivity contribution is 5.79. The van der Waals surface area contributed by atoms with Crippen molar-refractivity contribution >= 4 is 11.0 Å². The van der Waals surface area contributed by atoms with E-state index in [0.29, 0.717) is 0 Å². The summed E-state index contributed by atoms with van der Waals surface area (Å²) in [6.45, 7) is 5.30. The summed E-state index contributed by atoms with van der Waals surface area (Å²) >= 11 is 0. The van der Waals surface area contributed by atoms with Crippen LogP contribution in [0.3, 0.4) is 0 Å². The topological polar surface area (TPSA) is 37.8 Å². The standard InChI is InChI=1S/C12H13F3N2O/c1-11(2,3)17-8-6-4-5-7(12(13,14)15)9(8)16-10(17)18/h4-6H,1-3H3,(H,16,18). The summed E-state index contributed by atoms with van der Waals surface area (Å²) in [5.41, 5.74) is -1.83. The smallest absolute Gasteiger partial charge is 0.305 e. The van der Waals surface area contributed by atoms with Gasteiger partial charge in [0.25, 0.3) is 0 Å². The van der Waals surface area contributed by atoms with Gasteiger partial charge in [-0.1, -0.05) is 6.07 Å². The van der Waals surface area contributed by atoms with E-state index >= 15 is 0 Å². The van der Waals surface area contributed by atoms with E-state index in [-0.39, 0.29) is 11.0 Å². The van der Waals surface area contributed by atoms with Crippen molar-refractivity contribution in [1.29, 1.82) is 0 Å². The third kappa shape index (κ3) is 1.91. The van der Waals surface area contributed by atoms with Gasteiger partial charge in [-0.3, -0.25) is 4.57 Å². The molecule has 1 N–H and O–H groups in total. The van der Waals surface area contributed by atoms with Gasteiger partial charge in [0.05, 0.1) is 16.6 Å². The Balaban J connectivity index is 2.89. The number of imidazole rings is 1. The second kappa shape index (κ2) is 3.63. The Morgan fingerprint density at radius 1 is 1.17 bits per heavy atom. The lowest BCUT2D eigenvalue weighted by atomic mass is 10.1. The average Bonchev–Trinajstić information content (AvgIpc) is 2.50. The molecular formula is C12H13F3N2O. The average molecular weight is 258 g/mol. The molecule has 0 amide bonds. The first-order valence-corrected chi connectivity index (χ1v) is 5.44. The quantitative estimate of drug-likeness (QED) is 0.774. The van der Waals surface area contributed by atoms with Crippen molar-refractivity contribution in [2.24, 2.45) is 0 Å². The van der Waals surface area contributed by atoms with Gasteiger partial charge in [-0.2, -0.15) is 13.2 Å². The first-order chi connectivity index (χ1) is 8.12. The monoisotopic (exact) mass is 258 g/mol. The molecule has 0 spiro atoms. The van der Waals surface area contributed by atoms with Gasteiger partial charge in [-0.25, -0.2) is 4.79 Å². The number of benzene rings is 1. The SMILES string of the molecule is CC(C)(C)n1c(=O)[nH]c2c(C(F)(F)F)cccc21. The van der Waals surface area contributed by atoms with Crippen LogP contribution in [0.25, 0.3) is 11.0 Å². The summed E-state index contributed by atoms with van der Waals surface area (Å²) in [6, 6.07) is 3.78. The maximum atomic E-state index is 12.8. The van der Waals surface area contributed by atoms with Gasteiger partial charge in [-0.05, 0) is 32.9 Å². The second-order valence-electron chi connectivity index (χ2n) is 5.13. The molecule has 2 aromatic rings. The molecule has 0 atom stereocenters. The summed E-state index contributed by atoms with van der Waals surface area (Å²) < 4.78 is 39.8. The number of para-hydroxylation sites is 1. The fourth-order valence-corrected chi connectivity index (χ4v) is 2.03. The summed E-state index contributed by atoms with van der Waals surface area (Å²) in [4.78, 5) is 14.1. The highest BCUT2D eigenvalue weighted by atomic mass is 19.4. The predicted octanol–water partition coefficient (Wildman–Crippen LogP) is 3.10. The van der Waals surface area contributed by atoms with Crippen molar-refractivity contribution in [2.75, 3.05) is 0 Å². The largest absolute Gasteiger partial charge is 0.418 e. The predicted molar refractivity (Wildman–Crippen MR) is 62.6 cm³/mol. The molecule has 2 rings (SSSR count). The summed E-state index contributed by atoms with van der Waals surface area (Å²) in [5, 5.41) is 0. The Morgan fingerprint density at radius 3 is 2.28 bits per heavy atom. The van der Waals surface area contributed by atoms with Crippen molar-refractivity contribution in [3.05, 3.63) is 34.2 Å². The lowest BCUT2D eigenvalue weighted by molar-refractivity contribution is -0.136. The zero-order valence-corrected chi connectivity index (χ0v) is 10.2. The molecule has 0 saturated heterocycles. The first-order valence-electron chi connectivity index (χ1n) is 5.44. The number of alkyl halides is 3. The lowest BCUT2D eigenvalue weighted by Gasteiger charge is -2.20. The number of halogens is 3. The number of hydrogen-bond donors (Lipinski definition) is 1. The number of fused-ring (bicyclic) bond motifs is 1. The number of H-pyrrole nitrogens is 1. The minimum absolute atomic E-state index is 0.162. The van der Waals surface area contributed by atoms with Crippen LogP contribution in [0.5, 0.6) is 0 Å². The maximum absolute atomic E-state index is 12.8. The molecule has 0 fully saturated rings. The number of aromatic nitrogens is 2. The van der Waals surface area contributed by atoms with Crippen molar-refractivity contribution < 1.29 is 13.2 Å². The van der Waals surface area contributed by atoms with Gasteiger partial charge in [0.15, 0.2) is 0 Å². The molecule has 3 nitrogen and oxygen atoms in total. The first kappa shape index (κ1) is 12.7. The highest BCUT2D eigenvalue weighted by Crippen LogP contribution is 2.34. The summed E-state index contributed by atoms with van der Waals surface area (Å²) in [7, 11) is 0. The zero-order valence-electron chi connectivity index (χ0n) is 10.2. The molecule has 0 radical (unpaired) electrons. The fourth-order valence-electron chi connectivity index (χ4n) is 2.03. The Labute approximate surface area is 101 Å². The molecule has 98 valence electrons. The Morgan fingerprint density at radius 2 is 1.78 bits per heavy atom. The van der Waals surface area contributed by atoms with Crippen LogP contribution >= 0.6 is 0 Å².